The van der Waals surface area contributed by atoms with Gasteiger partial charge in [0.05, 0.1) is 6.10 Å². The molecule has 0 aromatic heterocycles. The lowest BCUT2D eigenvalue weighted by Gasteiger charge is -2.05. The number of carbonyl (C=O) groups excluding carboxylic acids is 1. The minimum atomic E-state index is -0.590. The van der Waals surface area contributed by atoms with Crippen LogP contribution in [0.3, 0.4) is 0 Å². The molecule has 0 fully saturated rings. The first-order chi connectivity index (χ1) is 8.08. The van der Waals surface area contributed by atoms with E-state index >= 15 is 0 Å². The first-order valence-electron chi connectivity index (χ1n) is 5.22. The average molecular weight is 238 g/mol. The SMILES string of the molecule is CC(O)CNC(=O)N/C=C/c1cccc(F)c1. The molecular formula is C12H15FN2O2. The van der Waals surface area contributed by atoms with Gasteiger partial charge in [-0.3, -0.25) is 0 Å². The van der Waals surface area contributed by atoms with Crippen LogP contribution in [0.5, 0.6) is 0 Å². The molecule has 0 spiro atoms. The zero-order chi connectivity index (χ0) is 12.7. The van der Waals surface area contributed by atoms with Crippen LogP contribution < -0.4 is 10.6 Å². The topological polar surface area (TPSA) is 61.4 Å². The number of halogens is 1. The smallest absolute Gasteiger partial charge is 0.318 e. The third-order valence-electron chi connectivity index (χ3n) is 1.90. The van der Waals surface area contributed by atoms with Crippen LogP contribution in [0.2, 0.25) is 0 Å². The molecule has 1 aromatic rings. The first kappa shape index (κ1) is 13.2. The maximum absolute atomic E-state index is 12.8. The van der Waals surface area contributed by atoms with Crippen molar-refractivity contribution in [3.8, 4) is 0 Å². The van der Waals surface area contributed by atoms with Crippen molar-refractivity contribution in [3.63, 3.8) is 0 Å². The molecule has 1 unspecified atom stereocenters. The Kier molecular flexibility index (Phi) is 5.16. The molecule has 0 radical (unpaired) electrons. The second kappa shape index (κ2) is 6.65. The zero-order valence-corrected chi connectivity index (χ0v) is 9.48. The van der Waals surface area contributed by atoms with Gasteiger partial charge in [-0.25, -0.2) is 9.18 Å². The fourth-order valence-electron chi connectivity index (χ4n) is 1.12. The summed E-state index contributed by atoms with van der Waals surface area (Å²) in [5.41, 5.74) is 0.654. The van der Waals surface area contributed by atoms with Gasteiger partial charge >= 0.3 is 6.03 Å². The van der Waals surface area contributed by atoms with Crippen LogP contribution in [0.25, 0.3) is 6.08 Å². The number of amides is 2. The highest BCUT2D eigenvalue weighted by molar-refractivity contribution is 5.75. The Bertz CT molecular complexity index is 405. The van der Waals surface area contributed by atoms with Crippen LogP contribution in [-0.4, -0.2) is 23.8 Å². The van der Waals surface area contributed by atoms with Gasteiger partial charge < -0.3 is 15.7 Å². The molecule has 3 N–H and O–H groups in total. The highest BCUT2D eigenvalue weighted by atomic mass is 19.1. The number of carbonyl (C=O) groups is 1. The Hall–Kier alpha value is -1.88. The van der Waals surface area contributed by atoms with E-state index in [0.29, 0.717) is 5.56 Å². The predicted octanol–water partition coefficient (Wildman–Crippen LogP) is 1.48. The lowest BCUT2D eigenvalue weighted by Crippen LogP contribution is -2.36. The minimum Gasteiger partial charge on any atom is -0.392 e. The zero-order valence-electron chi connectivity index (χ0n) is 9.48. The van der Waals surface area contributed by atoms with Gasteiger partial charge in [0.2, 0.25) is 0 Å². The molecule has 0 saturated carbocycles. The summed E-state index contributed by atoms with van der Waals surface area (Å²) in [6, 6.07) is 5.59. The fourth-order valence-corrected chi connectivity index (χ4v) is 1.12. The molecule has 0 bridgehead atoms. The summed E-state index contributed by atoms with van der Waals surface area (Å²) < 4.78 is 12.8. The van der Waals surface area contributed by atoms with E-state index in [1.54, 1.807) is 25.1 Å². The summed E-state index contributed by atoms with van der Waals surface area (Å²) in [5, 5.41) is 13.8. The number of aliphatic hydroxyl groups is 1. The minimum absolute atomic E-state index is 0.180. The molecule has 0 saturated heterocycles. The number of aliphatic hydroxyl groups excluding tert-OH is 1. The Balaban J connectivity index is 2.37. The summed E-state index contributed by atoms with van der Waals surface area (Å²) >= 11 is 0. The van der Waals surface area contributed by atoms with Crippen LogP contribution in [-0.2, 0) is 0 Å². The van der Waals surface area contributed by atoms with Crippen LogP contribution in [0.15, 0.2) is 30.5 Å². The maximum atomic E-state index is 12.8. The molecule has 1 atom stereocenters. The monoisotopic (exact) mass is 238 g/mol. The van der Waals surface area contributed by atoms with Gasteiger partial charge in [-0.2, -0.15) is 0 Å². The van der Waals surface area contributed by atoms with Gasteiger partial charge in [-0.1, -0.05) is 12.1 Å². The predicted molar refractivity (Wildman–Crippen MR) is 63.6 cm³/mol. The van der Waals surface area contributed by atoms with E-state index in [1.165, 1.54) is 18.3 Å². The summed E-state index contributed by atoms with van der Waals surface area (Å²) in [4.78, 5) is 11.1. The van der Waals surface area contributed by atoms with Gasteiger partial charge in [0, 0.05) is 12.7 Å². The van der Waals surface area contributed by atoms with Gasteiger partial charge in [0.25, 0.3) is 0 Å². The molecule has 0 aliphatic rings. The van der Waals surface area contributed by atoms with Crippen molar-refractivity contribution in [2.75, 3.05) is 6.54 Å². The average Bonchev–Trinajstić information content (AvgIpc) is 2.26. The van der Waals surface area contributed by atoms with Crippen LogP contribution in [0, 0.1) is 5.82 Å². The van der Waals surface area contributed by atoms with E-state index in [1.807, 2.05) is 0 Å². The van der Waals surface area contributed by atoms with Crippen LogP contribution in [0.4, 0.5) is 9.18 Å². The molecule has 0 aliphatic heterocycles. The van der Waals surface area contributed by atoms with Crippen molar-refractivity contribution < 1.29 is 14.3 Å². The molecule has 1 aromatic carbocycles. The molecule has 2 amide bonds. The van der Waals surface area contributed by atoms with E-state index in [9.17, 15) is 9.18 Å². The third-order valence-corrected chi connectivity index (χ3v) is 1.90. The maximum Gasteiger partial charge on any atom is 0.318 e. The lowest BCUT2D eigenvalue weighted by molar-refractivity contribution is 0.188. The van der Waals surface area contributed by atoms with Crippen molar-refractivity contribution in [2.24, 2.45) is 0 Å². The molecule has 92 valence electrons. The summed E-state index contributed by atoms with van der Waals surface area (Å²) in [6.45, 7) is 1.75. The number of nitrogens with one attached hydrogen (secondary N) is 2. The van der Waals surface area contributed by atoms with Gasteiger partial charge in [0.1, 0.15) is 5.82 Å². The van der Waals surface area contributed by atoms with Crippen molar-refractivity contribution in [2.45, 2.75) is 13.0 Å². The summed E-state index contributed by atoms with van der Waals surface area (Å²) in [6.07, 6.45) is 2.39. The Morgan fingerprint density at radius 3 is 3.00 bits per heavy atom. The quantitative estimate of drug-likeness (QED) is 0.744. The molecule has 17 heavy (non-hydrogen) atoms. The molecule has 0 aliphatic carbocycles. The first-order valence-corrected chi connectivity index (χ1v) is 5.22. The van der Waals surface area contributed by atoms with E-state index in [0.717, 1.165) is 0 Å². The number of hydrogen-bond donors (Lipinski definition) is 3. The molecule has 5 heteroatoms. The molecule has 4 nitrogen and oxygen atoms in total. The van der Waals surface area contributed by atoms with Crippen LogP contribution >= 0.6 is 0 Å². The fraction of sp³-hybridized carbons (Fsp3) is 0.250. The number of rotatable bonds is 4. The highest BCUT2D eigenvalue weighted by Gasteiger charge is 1.99. The van der Waals surface area contributed by atoms with Crippen molar-refractivity contribution in [1.29, 1.82) is 0 Å². The van der Waals surface area contributed by atoms with E-state index in [-0.39, 0.29) is 12.4 Å². The van der Waals surface area contributed by atoms with Crippen molar-refractivity contribution in [1.82, 2.24) is 10.6 Å². The standard InChI is InChI=1S/C12H15FN2O2/c1-9(16)8-15-12(17)14-6-5-10-3-2-4-11(13)7-10/h2-7,9,16H,8H2,1H3,(H2,14,15,17)/b6-5+. The van der Waals surface area contributed by atoms with Crippen molar-refractivity contribution >= 4 is 12.1 Å². The largest absolute Gasteiger partial charge is 0.392 e. The Morgan fingerprint density at radius 1 is 1.59 bits per heavy atom. The lowest BCUT2D eigenvalue weighted by atomic mass is 10.2. The van der Waals surface area contributed by atoms with Gasteiger partial charge in [-0.15, -0.1) is 0 Å². The number of hydrogen-bond acceptors (Lipinski definition) is 2. The van der Waals surface area contributed by atoms with E-state index < -0.39 is 12.1 Å². The normalized spacial score (nSPS) is 12.4. The van der Waals surface area contributed by atoms with Gasteiger partial charge in [-0.05, 0) is 30.7 Å². The third kappa shape index (κ3) is 5.67. The summed E-state index contributed by atoms with van der Waals surface area (Å²) in [5.74, 6) is -0.328. The van der Waals surface area contributed by atoms with Crippen LogP contribution in [0.1, 0.15) is 12.5 Å². The summed E-state index contributed by atoms with van der Waals surface area (Å²) in [7, 11) is 0. The Labute approximate surface area is 99.2 Å². The second-order valence-corrected chi connectivity index (χ2v) is 3.59. The van der Waals surface area contributed by atoms with Gasteiger partial charge in [0.15, 0.2) is 0 Å². The molecule has 1 rings (SSSR count). The number of urea groups is 1. The number of benzene rings is 1. The molecular weight excluding hydrogens is 223 g/mol. The van der Waals surface area contributed by atoms with E-state index in [4.69, 9.17) is 5.11 Å². The van der Waals surface area contributed by atoms with Crippen molar-refractivity contribution in [3.05, 3.63) is 41.8 Å². The highest BCUT2D eigenvalue weighted by Crippen LogP contribution is 2.04. The van der Waals surface area contributed by atoms with E-state index in [2.05, 4.69) is 10.6 Å². The Morgan fingerprint density at radius 2 is 2.35 bits per heavy atom. The molecule has 0 heterocycles. The second-order valence-electron chi connectivity index (χ2n) is 3.59.